The Morgan fingerprint density at radius 2 is 1.78 bits per heavy atom. The van der Waals surface area contributed by atoms with Gasteiger partial charge < -0.3 is 9.32 Å². The van der Waals surface area contributed by atoms with E-state index in [-0.39, 0.29) is 5.91 Å². The molecular weight excluding hydrogens is 226 g/mol. The molecule has 98 valence electrons. The standard InChI is InChI=1S/C15H21NO2/c1-10-9-14(11(2)18-10)15(17)16(13-7-8-13)12-5-3-4-6-12/h9,12-13H,3-8H2,1-2H3. The molecule has 1 aromatic rings. The van der Waals surface area contributed by atoms with Gasteiger partial charge in [0.1, 0.15) is 11.5 Å². The zero-order valence-electron chi connectivity index (χ0n) is 11.2. The van der Waals surface area contributed by atoms with E-state index in [1.807, 2.05) is 19.9 Å². The lowest BCUT2D eigenvalue weighted by atomic mass is 10.1. The van der Waals surface area contributed by atoms with Gasteiger partial charge in [0.2, 0.25) is 0 Å². The van der Waals surface area contributed by atoms with Crippen molar-refractivity contribution in [2.24, 2.45) is 0 Å². The fraction of sp³-hybridized carbons (Fsp3) is 0.667. The maximum Gasteiger partial charge on any atom is 0.257 e. The van der Waals surface area contributed by atoms with Crippen molar-refractivity contribution in [3.63, 3.8) is 0 Å². The molecule has 0 unspecified atom stereocenters. The minimum Gasteiger partial charge on any atom is -0.466 e. The third-order valence-electron chi connectivity index (χ3n) is 4.16. The van der Waals surface area contributed by atoms with E-state index in [4.69, 9.17) is 4.42 Å². The summed E-state index contributed by atoms with van der Waals surface area (Å²) in [5, 5.41) is 0. The summed E-state index contributed by atoms with van der Waals surface area (Å²) in [5.41, 5.74) is 0.770. The Hall–Kier alpha value is -1.25. The Morgan fingerprint density at radius 3 is 2.28 bits per heavy atom. The van der Waals surface area contributed by atoms with Gasteiger partial charge in [0.05, 0.1) is 5.56 Å². The molecule has 0 aromatic carbocycles. The molecule has 1 heterocycles. The van der Waals surface area contributed by atoms with E-state index >= 15 is 0 Å². The van der Waals surface area contributed by atoms with Crippen molar-refractivity contribution in [3.8, 4) is 0 Å². The Balaban J connectivity index is 1.85. The largest absolute Gasteiger partial charge is 0.466 e. The van der Waals surface area contributed by atoms with Crippen molar-refractivity contribution < 1.29 is 9.21 Å². The molecule has 0 aliphatic heterocycles. The van der Waals surface area contributed by atoms with E-state index in [1.54, 1.807) is 0 Å². The minimum absolute atomic E-state index is 0.193. The normalized spacial score (nSPS) is 20.3. The topological polar surface area (TPSA) is 33.5 Å². The first-order valence-corrected chi connectivity index (χ1v) is 7.06. The Labute approximate surface area is 108 Å². The van der Waals surface area contributed by atoms with Crippen LogP contribution >= 0.6 is 0 Å². The lowest BCUT2D eigenvalue weighted by Crippen LogP contribution is -2.40. The molecule has 3 rings (SSSR count). The predicted molar refractivity (Wildman–Crippen MR) is 69.6 cm³/mol. The number of carbonyl (C=O) groups is 1. The van der Waals surface area contributed by atoms with Gasteiger partial charge in [-0.2, -0.15) is 0 Å². The molecule has 2 aliphatic carbocycles. The van der Waals surface area contributed by atoms with Gasteiger partial charge in [-0.3, -0.25) is 4.79 Å². The Bertz CT molecular complexity index is 453. The number of hydrogen-bond donors (Lipinski definition) is 0. The lowest BCUT2D eigenvalue weighted by Gasteiger charge is -2.29. The lowest BCUT2D eigenvalue weighted by molar-refractivity contribution is 0.0662. The second-order valence-corrected chi connectivity index (χ2v) is 5.71. The average molecular weight is 247 g/mol. The first-order chi connectivity index (χ1) is 8.66. The molecule has 0 radical (unpaired) electrons. The fourth-order valence-electron chi connectivity index (χ4n) is 3.15. The third-order valence-corrected chi connectivity index (χ3v) is 4.16. The molecule has 0 N–H and O–H groups in total. The smallest absolute Gasteiger partial charge is 0.257 e. The molecule has 1 amide bonds. The first-order valence-electron chi connectivity index (χ1n) is 7.06. The van der Waals surface area contributed by atoms with Gasteiger partial charge in [0, 0.05) is 12.1 Å². The van der Waals surface area contributed by atoms with Gasteiger partial charge >= 0.3 is 0 Å². The Morgan fingerprint density at radius 1 is 1.17 bits per heavy atom. The maximum absolute atomic E-state index is 12.7. The van der Waals surface area contributed by atoms with Crippen molar-refractivity contribution in [3.05, 3.63) is 23.2 Å². The van der Waals surface area contributed by atoms with Gasteiger partial charge in [-0.25, -0.2) is 0 Å². The molecule has 3 heteroatoms. The second kappa shape index (κ2) is 4.45. The molecule has 0 spiro atoms. The van der Waals surface area contributed by atoms with Crippen LogP contribution in [0.2, 0.25) is 0 Å². The van der Waals surface area contributed by atoms with Gasteiger partial charge in [0.25, 0.3) is 5.91 Å². The zero-order chi connectivity index (χ0) is 12.7. The summed E-state index contributed by atoms with van der Waals surface area (Å²) >= 11 is 0. The van der Waals surface area contributed by atoms with E-state index in [1.165, 1.54) is 38.5 Å². The van der Waals surface area contributed by atoms with Crippen LogP contribution in [0.5, 0.6) is 0 Å². The number of aryl methyl sites for hydroxylation is 2. The summed E-state index contributed by atoms with van der Waals surface area (Å²) in [5.74, 6) is 1.79. The van der Waals surface area contributed by atoms with Crippen LogP contribution in [0, 0.1) is 13.8 Å². The van der Waals surface area contributed by atoms with Crippen molar-refractivity contribution >= 4 is 5.91 Å². The molecule has 3 nitrogen and oxygen atoms in total. The highest BCUT2D eigenvalue weighted by Crippen LogP contribution is 2.36. The van der Waals surface area contributed by atoms with E-state index in [9.17, 15) is 4.79 Å². The third kappa shape index (κ3) is 2.06. The fourth-order valence-corrected chi connectivity index (χ4v) is 3.15. The quantitative estimate of drug-likeness (QED) is 0.819. The highest BCUT2D eigenvalue weighted by molar-refractivity contribution is 5.96. The average Bonchev–Trinajstić information content (AvgIpc) is 2.87. The maximum atomic E-state index is 12.7. The van der Waals surface area contributed by atoms with Crippen molar-refractivity contribution in [2.45, 2.75) is 64.5 Å². The highest BCUT2D eigenvalue weighted by atomic mass is 16.3. The molecule has 0 atom stereocenters. The van der Waals surface area contributed by atoms with Crippen LogP contribution in [-0.2, 0) is 0 Å². The molecule has 2 saturated carbocycles. The number of nitrogens with zero attached hydrogens (tertiary/aromatic N) is 1. The van der Waals surface area contributed by atoms with Crippen LogP contribution in [0.3, 0.4) is 0 Å². The molecule has 2 aliphatic rings. The molecule has 0 saturated heterocycles. The minimum atomic E-state index is 0.193. The van der Waals surface area contributed by atoms with E-state index in [0.717, 1.165) is 17.1 Å². The highest BCUT2D eigenvalue weighted by Gasteiger charge is 2.39. The van der Waals surface area contributed by atoms with Gasteiger partial charge in [0.15, 0.2) is 0 Å². The summed E-state index contributed by atoms with van der Waals surface area (Å²) in [6, 6.07) is 2.86. The molecule has 2 fully saturated rings. The number of rotatable bonds is 3. The number of amides is 1. The van der Waals surface area contributed by atoms with Gasteiger partial charge in [-0.15, -0.1) is 0 Å². The SMILES string of the molecule is Cc1cc(C(=O)N(C2CCCC2)C2CC2)c(C)o1. The zero-order valence-corrected chi connectivity index (χ0v) is 11.2. The van der Waals surface area contributed by atoms with Crippen molar-refractivity contribution in [1.82, 2.24) is 4.90 Å². The molecule has 18 heavy (non-hydrogen) atoms. The van der Waals surface area contributed by atoms with Crippen LogP contribution < -0.4 is 0 Å². The first kappa shape index (κ1) is 11.8. The molecular formula is C15H21NO2. The number of furan rings is 1. The Kier molecular flexibility index (Phi) is 2.92. The summed E-state index contributed by atoms with van der Waals surface area (Å²) in [7, 11) is 0. The van der Waals surface area contributed by atoms with Crippen molar-refractivity contribution in [2.75, 3.05) is 0 Å². The second-order valence-electron chi connectivity index (χ2n) is 5.71. The summed E-state index contributed by atoms with van der Waals surface area (Å²) in [6.07, 6.45) is 7.25. The monoisotopic (exact) mass is 247 g/mol. The van der Waals surface area contributed by atoms with Crippen LogP contribution in [0.25, 0.3) is 0 Å². The van der Waals surface area contributed by atoms with Crippen LogP contribution in [0.4, 0.5) is 0 Å². The number of carbonyl (C=O) groups excluding carboxylic acids is 1. The van der Waals surface area contributed by atoms with Crippen molar-refractivity contribution in [1.29, 1.82) is 0 Å². The van der Waals surface area contributed by atoms with Crippen LogP contribution in [-0.4, -0.2) is 22.9 Å². The summed E-state index contributed by atoms with van der Waals surface area (Å²) in [4.78, 5) is 14.9. The summed E-state index contributed by atoms with van der Waals surface area (Å²) in [6.45, 7) is 3.79. The number of hydrogen-bond acceptors (Lipinski definition) is 2. The van der Waals surface area contributed by atoms with Crippen LogP contribution in [0.1, 0.15) is 60.4 Å². The van der Waals surface area contributed by atoms with E-state index in [0.29, 0.717) is 12.1 Å². The van der Waals surface area contributed by atoms with Gasteiger partial charge in [-0.1, -0.05) is 12.8 Å². The van der Waals surface area contributed by atoms with E-state index < -0.39 is 0 Å². The van der Waals surface area contributed by atoms with E-state index in [2.05, 4.69) is 4.90 Å². The van der Waals surface area contributed by atoms with Crippen LogP contribution in [0.15, 0.2) is 10.5 Å². The van der Waals surface area contributed by atoms with Gasteiger partial charge in [-0.05, 0) is 45.6 Å². The predicted octanol–water partition coefficient (Wildman–Crippen LogP) is 3.44. The molecule has 0 bridgehead atoms. The summed E-state index contributed by atoms with van der Waals surface area (Å²) < 4.78 is 5.50. The molecule has 1 aromatic heterocycles.